The summed E-state index contributed by atoms with van der Waals surface area (Å²) in [5.41, 5.74) is 0. The number of piperidine rings is 2. The third kappa shape index (κ3) is 5.80. The van der Waals surface area contributed by atoms with E-state index in [0.29, 0.717) is 38.5 Å². The Morgan fingerprint density at radius 1 is 1.10 bits per heavy atom. The molecular weight excluding hydrogens is 405 g/mol. The maximum absolute atomic E-state index is 13.1. The fraction of sp³-hybridized carbons (Fsp3) is 0.682. The first-order valence-electron chi connectivity index (χ1n) is 11.2. The van der Waals surface area contributed by atoms with Crippen LogP contribution in [-0.2, 0) is 14.8 Å². The van der Waals surface area contributed by atoms with Crippen molar-refractivity contribution in [2.75, 3.05) is 32.7 Å². The average Bonchev–Trinajstić information content (AvgIpc) is 2.77. The SMILES string of the molecule is CCC1CCCCN1CCCNC(=O)C1CCN(S(=O)(=O)c2ccc(F)cc2)CC1. The van der Waals surface area contributed by atoms with Crippen molar-refractivity contribution in [2.24, 2.45) is 5.92 Å². The fourth-order valence-corrected chi connectivity index (χ4v) is 6.04. The minimum absolute atomic E-state index is 0.0273. The van der Waals surface area contributed by atoms with E-state index in [-0.39, 0.29) is 16.7 Å². The number of hydrogen-bond acceptors (Lipinski definition) is 4. The number of rotatable bonds is 8. The number of amides is 1. The van der Waals surface area contributed by atoms with E-state index in [1.807, 2.05) is 0 Å². The molecule has 30 heavy (non-hydrogen) atoms. The molecule has 168 valence electrons. The molecule has 0 radical (unpaired) electrons. The Hall–Kier alpha value is -1.51. The highest BCUT2D eigenvalue weighted by Crippen LogP contribution is 2.24. The molecule has 1 aromatic rings. The van der Waals surface area contributed by atoms with Gasteiger partial charge in [0.15, 0.2) is 0 Å². The molecule has 0 spiro atoms. The van der Waals surface area contributed by atoms with Gasteiger partial charge in [0.2, 0.25) is 15.9 Å². The minimum atomic E-state index is -3.64. The summed E-state index contributed by atoms with van der Waals surface area (Å²) >= 11 is 0. The smallest absolute Gasteiger partial charge is 0.243 e. The number of likely N-dealkylation sites (tertiary alicyclic amines) is 1. The van der Waals surface area contributed by atoms with Gasteiger partial charge in [-0.3, -0.25) is 4.79 Å². The van der Waals surface area contributed by atoms with Gasteiger partial charge in [-0.15, -0.1) is 0 Å². The molecule has 1 aromatic carbocycles. The zero-order chi connectivity index (χ0) is 21.6. The van der Waals surface area contributed by atoms with E-state index in [2.05, 4.69) is 17.1 Å². The molecule has 0 bridgehead atoms. The van der Waals surface area contributed by atoms with Crippen LogP contribution in [0.4, 0.5) is 4.39 Å². The van der Waals surface area contributed by atoms with Crippen LogP contribution in [0.25, 0.3) is 0 Å². The fourth-order valence-electron chi connectivity index (χ4n) is 4.57. The molecule has 2 fully saturated rings. The molecule has 6 nitrogen and oxygen atoms in total. The minimum Gasteiger partial charge on any atom is -0.356 e. The van der Waals surface area contributed by atoms with E-state index >= 15 is 0 Å². The first-order chi connectivity index (χ1) is 14.4. The molecule has 0 aliphatic carbocycles. The van der Waals surface area contributed by atoms with Gasteiger partial charge < -0.3 is 10.2 Å². The molecule has 1 unspecified atom stereocenters. The zero-order valence-electron chi connectivity index (χ0n) is 17.9. The lowest BCUT2D eigenvalue weighted by Crippen LogP contribution is -2.44. The van der Waals surface area contributed by atoms with Crippen LogP contribution in [-0.4, -0.2) is 62.3 Å². The van der Waals surface area contributed by atoms with Crippen molar-refractivity contribution in [3.05, 3.63) is 30.1 Å². The number of carbonyl (C=O) groups is 1. The predicted molar refractivity (Wildman–Crippen MR) is 115 cm³/mol. The molecular formula is C22H34FN3O3S. The van der Waals surface area contributed by atoms with Crippen molar-refractivity contribution >= 4 is 15.9 Å². The normalized spacial score (nSPS) is 22.1. The van der Waals surface area contributed by atoms with Gasteiger partial charge in [0.1, 0.15) is 5.82 Å². The summed E-state index contributed by atoms with van der Waals surface area (Å²) in [6, 6.07) is 5.56. The molecule has 2 aliphatic heterocycles. The number of carbonyl (C=O) groups excluding carboxylic acids is 1. The Kier molecular flexibility index (Phi) is 8.25. The molecule has 2 aliphatic rings. The molecule has 8 heteroatoms. The van der Waals surface area contributed by atoms with E-state index in [4.69, 9.17) is 0 Å². The highest BCUT2D eigenvalue weighted by Gasteiger charge is 2.32. The second-order valence-electron chi connectivity index (χ2n) is 8.37. The van der Waals surface area contributed by atoms with Crippen LogP contribution in [0.2, 0.25) is 0 Å². The number of nitrogens with zero attached hydrogens (tertiary/aromatic N) is 2. The van der Waals surface area contributed by atoms with Crippen molar-refractivity contribution in [1.29, 1.82) is 0 Å². The molecule has 2 saturated heterocycles. The van der Waals surface area contributed by atoms with Gasteiger partial charge in [-0.25, -0.2) is 12.8 Å². The second-order valence-corrected chi connectivity index (χ2v) is 10.3. The van der Waals surface area contributed by atoms with Crippen molar-refractivity contribution < 1.29 is 17.6 Å². The van der Waals surface area contributed by atoms with E-state index < -0.39 is 15.8 Å². The first-order valence-corrected chi connectivity index (χ1v) is 12.6. The van der Waals surface area contributed by atoms with Gasteiger partial charge >= 0.3 is 0 Å². The lowest BCUT2D eigenvalue weighted by Gasteiger charge is -2.35. The van der Waals surface area contributed by atoms with Crippen molar-refractivity contribution in [3.63, 3.8) is 0 Å². The number of nitrogens with one attached hydrogen (secondary N) is 1. The summed E-state index contributed by atoms with van der Waals surface area (Å²) in [6.07, 6.45) is 7.02. The van der Waals surface area contributed by atoms with Crippen molar-refractivity contribution in [2.45, 2.75) is 62.8 Å². The van der Waals surface area contributed by atoms with Crippen molar-refractivity contribution in [3.8, 4) is 0 Å². The standard InChI is InChI=1S/C22H34FN3O3S/c1-2-20-6-3-4-14-25(20)15-5-13-24-22(27)18-11-16-26(17-12-18)30(28,29)21-9-7-19(23)8-10-21/h7-10,18,20H,2-6,11-17H2,1H3,(H,24,27). The van der Waals surface area contributed by atoms with Gasteiger partial charge in [0.25, 0.3) is 0 Å². The topological polar surface area (TPSA) is 69.7 Å². The molecule has 1 amide bonds. The average molecular weight is 440 g/mol. The van der Waals surface area contributed by atoms with E-state index in [0.717, 1.165) is 31.6 Å². The van der Waals surface area contributed by atoms with E-state index in [1.165, 1.54) is 42.1 Å². The number of hydrogen-bond donors (Lipinski definition) is 1. The van der Waals surface area contributed by atoms with Gasteiger partial charge in [-0.1, -0.05) is 13.3 Å². The van der Waals surface area contributed by atoms with E-state index in [9.17, 15) is 17.6 Å². The predicted octanol–water partition coefficient (Wildman–Crippen LogP) is 3.00. The van der Waals surface area contributed by atoms with E-state index in [1.54, 1.807) is 0 Å². The second kappa shape index (κ2) is 10.7. The van der Waals surface area contributed by atoms with Crippen LogP contribution in [0.5, 0.6) is 0 Å². The Labute approximate surface area is 179 Å². The molecule has 0 saturated carbocycles. The number of halogens is 1. The van der Waals surface area contributed by atoms with Gasteiger partial charge in [-0.05, 0) is 69.3 Å². The summed E-state index contributed by atoms with van der Waals surface area (Å²) < 4.78 is 39.8. The Morgan fingerprint density at radius 2 is 1.80 bits per heavy atom. The van der Waals surface area contributed by atoms with Gasteiger partial charge in [-0.2, -0.15) is 4.31 Å². The largest absolute Gasteiger partial charge is 0.356 e. The first kappa shape index (κ1) is 23.2. The highest BCUT2D eigenvalue weighted by atomic mass is 32.2. The Balaban J connectivity index is 1.40. The molecule has 1 atom stereocenters. The monoisotopic (exact) mass is 439 g/mol. The van der Waals surface area contributed by atoms with Crippen LogP contribution < -0.4 is 5.32 Å². The molecule has 3 rings (SSSR count). The summed E-state index contributed by atoms with van der Waals surface area (Å²) in [5, 5.41) is 3.04. The van der Waals surface area contributed by atoms with Gasteiger partial charge in [0, 0.05) is 38.1 Å². The lowest BCUT2D eigenvalue weighted by atomic mass is 9.97. The number of sulfonamides is 1. The molecule has 1 N–H and O–H groups in total. The Morgan fingerprint density at radius 3 is 2.47 bits per heavy atom. The third-order valence-electron chi connectivity index (χ3n) is 6.42. The van der Waals surface area contributed by atoms with Crippen LogP contribution in [0.15, 0.2) is 29.2 Å². The maximum atomic E-state index is 13.1. The molecule has 2 heterocycles. The van der Waals surface area contributed by atoms with Crippen LogP contribution in [0.1, 0.15) is 51.9 Å². The summed E-state index contributed by atoms with van der Waals surface area (Å²) in [5.74, 6) is -0.586. The van der Waals surface area contributed by atoms with Crippen LogP contribution >= 0.6 is 0 Å². The molecule has 0 aromatic heterocycles. The quantitative estimate of drug-likeness (QED) is 0.632. The van der Waals surface area contributed by atoms with Gasteiger partial charge in [0.05, 0.1) is 4.90 Å². The van der Waals surface area contributed by atoms with Crippen molar-refractivity contribution in [1.82, 2.24) is 14.5 Å². The van der Waals surface area contributed by atoms with Crippen LogP contribution in [0, 0.1) is 11.7 Å². The Bertz CT molecular complexity index is 792. The zero-order valence-corrected chi connectivity index (χ0v) is 18.7. The summed E-state index contributed by atoms with van der Waals surface area (Å²) in [6.45, 7) is 5.71. The summed E-state index contributed by atoms with van der Waals surface area (Å²) in [4.78, 5) is 15.1. The summed E-state index contributed by atoms with van der Waals surface area (Å²) in [7, 11) is -3.64. The third-order valence-corrected chi connectivity index (χ3v) is 8.33. The highest BCUT2D eigenvalue weighted by molar-refractivity contribution is 7.89. The van der Waals surface area contributed by atoms with Crippen LogP contribution in [0.3, 0.4) is 0 Å². The lowest BCUT2D eigenvalue weighted by molar-refractivity contribution is -0.126. The maximum Gasteiger partial charge on any atom is 0.243 e. The number of benzene rings is 1.